The van der Waals surface area contributed by atoms with Gasteiger partial charge in [-0.15, -0.1) is 11.8 Å². The van der Waals surface area contributed by atoms with Crippen LogP contribution in [-0.4, -0.2) is 25.7 Å². The van der Waals surface area contributed by atoms with E-state index in [2.05, 4.69) is 0 Å². The molecule has 3 nitrogen and oxygen atoms in total. The first-order valence-electron chi connectivity index (χ1n) is 5.10. The molecule has 0 fully saturated rings. The van der Waals surface area contributed by atoms with Gasteiger partial charge in [0.05, 0.1) is 12.7 Å². The molecule has 4 heteroatoms. The predicted molar refractivity (Wildman–Crippen MR) is 67.5 cm³/mol. The third-order valence-electron chi connectivity index (χ3n) is 2.39. The number of carbonyl (C=O) groups is 1. The Morgan fingerprint density at radius 1 is 1.50 bits per heavy atom. The van der Waals surface area contributed by atoms with Gasteiger partial charge >= 0.3 is 0 Å². The SMILES string of the molecule is COc1cc(C)c(SC)cc1C(=O)CCN. The molecule has 0 radical (unpaired) electrons. The maximum absolute atomic E-state index is 11.8. The fraction of sp³-hybridized carbons (Fsp3) is 0.417. The Hall–Kier alpha value is -1.00. The van der Waals surface area contributed by atoms with E-state index in [-0.39, 0.29) is 5.78 Å². The summed E-state index contributed by atoms with van der Waals surface area (Å²) in [6.45, 7) is 2.37. The second kappa shape index (κ2) is 5.92. The van der Waals surface area contributed by atoms with Crippen LogP contribution < -0.4 is 10.5 Å². The smallest absolute Gasteiger partial charge is 0.167 e. The summed E-state index contributed by atoms with van der Waals surface area (Å²) in [6.07, 6.45) is 2.35. The van der Waals surface area contributed by atoms with E-state index in [1.54, 1.807) is 18.9 Å². The van der Waals surface area contributed by atoms with E-state index in [4.69, 9.17) is 10.5 Å². The number of ether oxygens (including phenoxy) is 1. The Kier molecular flexibility index (Phi) is 4.83. The van der Waals surface area contributed by atoms with Crippen LogP contribution in [0.15, 0.2) is 17.0 Å². The quantitative estimate of drug-likeness (QED) is 0.632. The molecule has 0 saturated heterocycles. The number of thioether (sulfide) groups is 1. The lowest BCUT2D eigenvalue weighted by Crippen LogP contribution is -2.09. The molecule has 0 aliphatic carbocycles. The van der Waals surface area contributed by atoms with Gasteiger partial charge in [-0.3, -0.25) is 4.79 Å². The summed E-state index contributed by atoms with van der Waals surface area (Å²) in [5, 5.41) is 0. The average molecular weight is 239 g/mol. The van der Waals surface area contributed by atoms with E-state index < -0.39 is 0 Å². The van der Waals surface area contributed by atoms with Crippen molar-refractivity contribution in [3.05, 3.63) is 23.3 Å². The molecule has 2 N–H and O–H groups in total. The standard InChI is InChI=1S/C12H17NO2S/c1-8-6-11(15-2)9(7-12(8)16-3)10(14)4-5-13/h6-7H,4-5,13H2,1-3H3. The lowest BCUT2D eigenvalue weighted by Gasteiger charge is -2.11. The number of Topliss-reactive ketones (excluding diaryl/α,β-unsaturated/α-hetero) is 1. The number of hydrogen-bond donors (Lipinski definition) is 1. The second-order valence-electron chi connectivity index (χ2n) is 3.48. The fourth-order valence-corrected chi connectivity index (χ4v) is 2.15. The topological polar surface area (TPSA) is 52.3 Å². The molecule has 88 valence electrons. The van der Waals surface area contributed by atoms with Crippen molar-refractivity contribution in [3.63, 3.8) is 0 Å². The van der Waals surface area contributed by atoms with Gasteiger partial charge in [-0.2, -0.15) is 0 Å². The zero-order valence-corrected chi connectivity index (χ0v) is 10.7. The van der Waals surface area contributed by atoms with E-state index in [1.165, 1.54) is 0 Å². The first-order valence-corrected chi connectivity index (χ1v) is 6.32. The van der Waals surface area contributed by atoms with Crippen molar-refractivity contribution in [3.8, 4) is 5.75 Å². The molecule has 0 amide bonds. The van der Waals surface area contributed by atoms with Crippen molar-refractivity contribution in [1.29, 1.82) is 0 Å². The first-order chi connectivity index (χ1) is 7.63. The zero-order chi connectivity index (χ0) is 12.1. The number of aryl methyl sites for hydroxylation is 1. The van der Waals surface area contributed by atoms with Gasteiger partial charge in [-0.25, -0.2) is 0 Å². The molecule has 0 unspecified atom stereocenters. The minimum Gasteiger partial charge on any atom is -0.496 e. The predicted octanol–water partition coefficient (Wildman–Crippen LogP) is 2.26. The summed E-state index contributed by atoms with van der Waals surface area (Å²) in [6, 6.07) is 3.78. The molecule has 1 aromatic rings. The van der Waals surface area contributed by atoms with Gasteiger partial charge in [0, 0.05) is 11.3 Å². The average Bonchev–Trinajstić information content (AvgIpc) is 2.28. The van der Waals surface area contributed by atoms with Crippen molar-refractivity contribution in [2.24, 2.45) is 5.73 Å². The Balaban J connectivity index is 3.19. The maximum Gasteiger partial charge on any atom is 0.167 e. The Morgan fingerprint density at radius 3 is 2.69 bits per heavy atom. The van der Waals surface area contributed by atoms with Crippen LogP contribution in [0, 0.1) is 6.92 Å². The van der Waals surface area contributed by atoms with Crippen LogP contribution >= 0.6 is 11.8 Å². The molecule has 1 rings (SSSR count). The third kappa shape index (κ3) is 2.77. The maximum atomic E-state index is 11.8. The first kappa shape index (κ1) is 13.1. The Labute approximate surface area is 100 Å². The fourth-order valence-electron chi connectivity index (χ4n) is 1.53. The molecule has 0 aromatic heterocycles. The van der Waals surface area contributed by atoms with E-state index in [0.29, 0.717) is 24.3 Å². The van der Waals surface area contributed by atoms with Crippen LogP contribution in [0.2, 0.25) is 0 Å². The summed E-state index contributed by atoms with van der Waals surface area (Å²) < 4.78 is 5.22. The molecule has 0 heterocycles. The van der Waals surface area contributed by atoms with Crippen molar-refractivity contribution in [2.45, 2.75) is 18.2 Å². The van der Waals surface area contributed by atoms with Crippen molar-refractivity contribution < 1.29 is 9.53 Å². The number of rotatable bonds is 5. The summed E-state index contributed by atoms with van der Waals surface area (Å²) in [4.78, 5) is 12.9. The summed E-state index contributed by atoms with van der Waals surface area (Å²) >= 11 is 1.63. The van der Waals surface area contributed by atoms with E-state index in [9.17, 15) is 4.79 Å². The van der Waals surface area contributed by atoms with Gasteiger partial charge in [0.15, 0.2) is 5.78 Å². The highest BCUT2D eigenvalue weighted by Crippen LogP contribution is 2.29. The minimum atomic E-state index is 0.0367. The molecule has 0 saturated carbocycles. The molecule has 0 atom stereocenters. The van der Waals surface area contributed by atoms with Crippen LogP contribution in [0.4, 0.5) is 0 Å². The molecular weight excluding hydrogens is 222 g/mol. The largest absolute Gasteiger partial charge is 0.496 e. The zero-order valence-electron chi connectivity index (χ0n) is 9.87. The van der Waals surface area contributed by atoms with Gasteiger partial charge in [0.1, 0.15) is 5.75 Å². The molecule has 1 aromatic carbocycles. The van der Waals surface area contributed by atoms with Gasteiger partial charge in [-0.05, 0) is 37.4 Å². The molecular formula is C12H17NO2S. The van der Waals surface area contributed by atoms with Crippen molar-refractivity contribution >= 4 is 17.5 Å². The number of nitrogens with two attached hydrogens (primary N) is 1. The van der Waals surface area contributed by atoms with Crippen LogP contribution in [-0.2, 0) is 0 Å². The number of benzene rings is 1. The van der Waals surface area contributed by atoms with Crippen molar-refractivity contribution in [1.82, 2.24) is 0 Å². The summed E-state index contributed by atoms with van der Waals surface area (Å²) in [5.74, 6) is 0.670. The van der Waals surface area contributed by atoms with E-state index in [0.717, 1.165) is 10.5 Å². The number of ketones is 1. The number of methoxy groups -OCH3 is 1. The van der Waals surface area contributed by atoms with Crippen LogP contribution in [0.1, 0.15) is 22.3 Å². The van der Waals surface area contributed by atoms with Gasteiger partial charge in [0.2, 0.25) is 0 Å². The molecule has 16 heavy (non-hydrogen) atoms. The van der Waals surface area contributed by atoms with Crippen molar-refractivity contribution in [2.75, 3.05) is 19.9 Å². The molecule has 0 aliphatic rings. The van der Waals surface area contributed by atoms with Gasteiger partial charge < -0.3 is 10.5 Å². The normalized spacial score (nSPS) is 10.2. The Bertz CT molecular complexity index is 391. The van der Waals surface area contributed by atoms with E-state index in [1.807, 2.05) is 25.3 Å². The van der Waals surface area contributed by atoms with Crippen LogP contribution in [0.5, 0.6) is 5.75 Å². The molecule has 0 bridgehead atoms. The van der Waals surface area contributed by atoms with Gasteiger partial charge in [0.25, 0.3) is 0 Å². The Morgan fingerprint density at radius 2 is 2.19 bits per heavy atom. The van der Waals surface area contributed by atoms with Crippen LogP contribution in [0.3, 0.4) is 0 Å². The lowest BCUT2D eigenvalue weighted by molar-refractivity contribution is 0.0982. The summed E-state index contributed by atoms with van der Waals surface area (Å²) in [5.41, 5.74) is 7.14. The number of carbonyl (C=O) groups excluding carboxylic acids is 1. The van der Waals surface area contributed by atoms with Crippen LogP contribution in [0.25, 0.3) is 0 Å². The molecule has 0 aliphatic heterocycles. The lowest BCUT2D eigenvalue weighted by atomic mass is 10.0. The highest BCUT2D eigenvalue weighted by Gasteiger charge is 2.14. The van der Waals surface area contributed by atoms with Gasteiger partial charge in [-0.1, -0.05) is 0 Å². The number of hydrogen-bond acceptors (Lipinski definition) is 4. The minimum absolute atomic E-state index is 0.0367. The summed E-state index contributed by atoms with van der Waals surface area (Å²) in [7, 11) is 1.58. The van der Waals surface area contributed by atoms with E-state index >= 15 is 0 Å². The highest BCUT2D eigenvalue weighted by atomic mass is 32.2. The molecule has 0 spiro atoms. The third-order valence-corrected chi connectivity index (χ3v) is 3.27. The second-order valence-corrected chi connectivity index (χ2v) is 4.33. The highest BCUT2D eigenvalue weighted by molar-refractivity contribution is 7.98. The monoisotopic (exact) mass is 239 g/mol.